The lowest BCUT2D eigenvalue weighted by molar-refractivity contribution is 0.143. The molecular formula is C18H28N2. The Kier molecular flexibility index (Phi) is 4.72. The fourth-order valence-corrected chi connectivity index (χ4v) is 4.25. The molecule has 2 saturated carbocycles. The van der Waals surface area contributed by atoms with Gasteiger partial charge in [0.1, 0.15) is 0 Å². The standard InChI is InChI=1S/C18H28N2/c1-2-14-8-5-11-19-18(14)13-20-17-10-9-15-6-3-4-7-16(15)12-17/h5,8,11,15-17,20H,2-4,6-7,9-10,12-13H2,1H3. The number of hydrogen-bond donors (Lipinski definition) is 1. The smallest absolute Gasteiger partial charge is 0.0573 e. The molecule has 0 bridgehead atoms. The van der Waals surface area contributed by atoms with E-state index in [1.807, 2.05) is 6.20 Å². The summed E-state index contributed by atoms with van der Waals surface area (Å²) < 4.78 is 0. The highest BCUT2D eigenvalue weighted by Gasteiger charge is 2.31. The van der Waals surface area contributed by atoms with Gasteiger partial charge in [-0.25, -0.2) is 0 Å². The molecule has 3 atom stereocenters. The Balaban J connectivity index is 1.53. The van der Waals surface area contributed by atoms with Crippen LogP contribution in [0.4, 0.5) is 0 Å². The minimum Gasteiger partial charge on any atom is -0.308 e. The van der Waals surface area contributed by atoms with E-state index in [9.17, 15) is 0 Å². The molecule has 110 valence electrons. The fraction of sp³-hybridized carbons (Fsp3) is 0.722. The van der Waals surface area contributed by atoms with E-state index in [4.69, 9.17) is 0 Å². The molecule has 0 spiro atoms. The van der Waals surface area contributed by atoms with Gasteiger partial charge in [-0.05, 0) is 49.1 Å². The van der Waals surface area contributed by atoms with E-state index in [1.165, 1.54) is 56.2 Å². The average Bonchev–Trinajstić information content (AvgIpc) is 2.53. The minimum atomic E-state index is 0.723. The second kappa shape index (κ2) is 6.71. The lowest BCUT2D eigenvalue weighted by Gasteiger charge is -2.39. The molecule has 0 aromatic carbocycles. The molecule has 2 heteroatoms. The van der Waals surface area contributed by atoms with Gasteiger partial charge < -0.3 is 5.32 Å². The van der Waals surface area contributed by atoms with Crippen molar-refractivity contribution in [3.8, 4) is 0 Å². The molecule has 2 aliphatic carbocycles. The van der Waals surface area contributed by atoms with Gasteiger partial charge in [-0.3, -0.25) is 4.98 Å². The van der Waals surface area contributed by atoms with E-state index >= 15 is 0 Å². The van der Waals surface area contributed by atoms with E-state index in [0.717, 1.165) is 30.8 Å². The zero-order valence-electron chi connectivity index (χ0n) is 12.8. The highest BCUT2D eigenvalue weighted by molar-refractivity contribution is 5.19. The monoisotopic (exact) mass is 272 g/mol. The first-order valence-corrected chi connectivity index (χ1v) is 8.53. The Morgan fingerprint density at radius 3 is 2.85 bits per heavy atom. The van der Waals surface area contributed by atoms with Crippen molar-refractivity contribution in [3.05, 3.63) is 29.6 Å². The van der Waals surface area contributed by atoms with Crippen LogP contribution in [0, 0.1) is 11.8 Å². The average molecular weight is 272 g/mol. The van der Waals surface area contributed by atoms with Gasteiger partial charge in [0.2, 0.25) is 0 Å². The van der Waals surface area contributed by atoms with Crippen molar-refractivity contribution in [3.63, 3.8) is 0 Å². The van der Waals surface area contributed by atoms with Crippen LogP contribution in [0.1, 0.15) is 63.1 Å². The fourth-order valence-electron chi connectivity index (χ4n) is 4.25. The maximum Gasteiger partial charge on any atom is 0.0573 e. The SMILES string of the molecule is CCc1cccnc1CNC1CCC2CCCCC2C1. The van der Waals surface area contributed by atoms with Gasteiger partial charge in [0, 0.05) is 18.8 Å². The predicted octanol–water partition coefficient (Wildman–Crippen LogP) is 4.09. The van der Waals surface area contributed by atoms with Gasteiger partial charge in [0.05, 0.1) is 5.69 Å². The third kappa shape index (κ3) is 3.22. The molecule has 1 aromatic rings. The third-order valence-corrected chi connectivity index (χ3v) is 5.46. The molecule has 3 rings (SSSR count). The zero-order chi connectivity index (χ0) is 13.8. The topological polar surface area (TPSA) is 24.9 Å². The third-order valence-electron chi connectivity index (χ3n) is 5.46. The predicted molar refractivity (Wildman–Crippen MR) is 83.5 cm³/mol. The molecule has 3 unspecified atom stereocenters. The first kappa shape index (κ1) is 14.1. The summed E-state index contributed by atoms with van der Waals surface area (Å²) in [7, 11) is 0. The Morgan fingerprint density at radius 1 is 1.15 bits per heavy atom. The van der Waals surface area contributed by atoms with E-state index < -0.39 is 0 Å². The maximum absolute atomic E-state index is 4.55. The summed E-state index contributed by atoms with van der Waals surface area (Å²) in [5, 5.41) is 3.78. The van der Waals surface area contributed by atoms with Crippen LogP contribution in [-0.4, -0.2) is 11.0 Å². The molecule has 0 aliphatic heterocycles. The lowest BCUT2D eigenvalue weighted by Crippen LogP contribution is -2.38. The maximum atomic E-state index is 4.55. The number of fused-ring (bicyclic) bond motifs is 1. The molecule has 2 aliphatic rings. The van der Waals surface area contributed by atoms with Crippen molar-refractivity contribution in [2.75, 3.05) is 0 Å². The summed E-state index contributed by atoms with van der Waals surface area (Å²) in [5.41, 5.74) is 2.65. The molecule has 2 fully saturated rings. The number of hydrogen-bond acceptors (Lipinski definition) is 2. The van der Waals surface area contributed by atoms with Gasteiger partial charge in [-0.15, -0.1) is 0 Å². The van der Waals surface area contributed by atoms with Crippen LogP contribution in [0.2, 0.25) is 0 Å². The van der Waals surface area contributed by atoms with Gasteiger partial charge in [0.25, 0.3) is 0 Å². The first-order chi connectivity index (χ1) is 9.86. The summed E-state index contributed by atoms with van der Waals surface area (Å²) in [6.07, 6.45) is 13.2. The van der Waals surface area contributed by atoms with Gasteiger partial charge >= 0.3 is 0 Å². The minimum absolute atomic E-state index is 0.723. The molecule has 20 heavy (non-hydrogen) atoms. The molecular weight excluding hydrogens is 244 g/mol. The van der Waals surface area contributed by atoms with Crippen molar-refractivity contribution in [1.29, 1.82) is 0 Å². The summed E-state index contributed by atoms with van der Waals surface area (Å²) in [5.74, 6) is 2.05. The first-order valence-electron chi connectivity index (χ1n) is 8.53. The number of rotatable bonds is 4. The van der Waals surface area contributed by atoms with Crippen LogP contribution in [0.15, 0.2) is 18.3 Å². The highest BCUT2D eigenvalue weighted by Crippen LogP contribution is 2.40. The number of aryl methyl sites for hydroxylation is 1. The molecule has 0 radical (unpaired) electrons. The van der Waals surface area contributed by atoms with Crippen molar-refractivity contribution < 1.29 is 0 Å². The van der Waals surface area contributed by atoms with Crippen LogP contribution < -0.4 is 5.32 Å². The second-order valence-electron chi connectivity index (χ2n) is 6.66. The van der Waals surface area contributed by atoms with Crippen LogP contribution >= 0.6 is 0 Å². The molecule has 1 N–H and O–H groups in total. The molecule has 0 saturated heterocycles. The summed E-state index contributed by atoms with van der Waals surface area (Å²) >= 11 is 0. The van der Waals surface area contributed by atoms with Crippen LogP contribution in [0.3, 0.4) is 0 Å². The van der Waals surface area contributed by atoms with Crippen molar-refractivity contribution in [2.24, 2.45) is 11.8 Å². The lowest BCUT2D eigenvalue weighted by atomic mass is 9.69. The van der Waals surface area contributed by atoms with Crippen molar-refractivity contribution in [2.45, 2.75) is 70.9 Å². The summed E-state index contributed by atoms with van der Waals surface area (Å²) in [4.78, 5) is 4.55. The normalized spacial score (nSPS) is 29.9. The number of nitrogens with one attached hydrogen (secondary N) is 1. The number of aromatic nitrogens is 1. The van der Waals surface area contributed by atoms with E-state index in [0.29, 0.717) is 0 Å². The second-order valence-corrected chi connectivity index (χ2v) is 6.66. The van der Waals surface area contributed by atoms with Gasteiger partial charge in [-0.2, -0.15) is 0 Å². The number of pyridine rings is 1. The van der Waals surface area contributed by atoms with Crippen molar-refractivity contribution >= 4 is 0 Å². The van der Waals surface area contributed by atoms with Gasteiger partial charge in [-0.1, -0.05) is 38.7 Å². The quantitative estimate of drug-likeness (QED) is 0.893. The number of nitrogens with zero attached hydrogens (tertiary/aromatic N) is 1. The van der Waals surface area contributed by atoms with Crippen LogP contribution in [0.25, 0.3) is 0 Å². The van der Waals surface area contributed by atoms with Crippen LogP contribution in [-0.2, 0) is 13.0 Å². The van der Waals surface area contributed by atoms with Gasteiger partial charge in [0.15, 0.2) is 0 Å². The molecule has 1 heterocycles. The summed E-state index contributed by atoms with van der Waals surface area (Å²) in [6.45, 7) is 3.17. The largest absolute Gasteiger partial charge is 0.308 e. The molecule has 1 aromatic heterocycles. The Labute approximate surface area is 123 Å². The Morgan fingerprint density at radius 2 is 2.00 bits per heavy atom. The molecule has 2 nitrogen and oxygen atoms in total. The highest BCUT2D eigenvalue weighted by atomic mass is 14.9. The van der Waals surface area contributed by atoms with Crippen LogP contribution in [0.5, 0.6) is 0 Å². The van der Waals surface area contributed by atoms with E-state index in [2.05, 4.69) is 29.4 Å². The van der Waals surface area contributed by atoms with Crippen molar-refractivity contribution in [1.82, 2.24) is 10.3 Å². The Bertz CT molecular complexity index is 429. The Hall–Kier alpha value is -0.890. The molecule has 0 amide bonds. The van der Waals surface area contributed by atoms with E-state index in [1.54, 1.807) is 0 Å². The summed E-state index contributed by atoms with van der Waals surface area (Å²) in [6, 6.07) is 4.98. The van der Waals surface area contributed by atoms with E-state index in [-0.39, 0.29) is 0 Å². The zero-order valence-corrected chi connectivity index (χ0v) is 12.8.